The SMILES string of the molecule is C=CCn1c(O)c(N=NC(=O)C(=O)Nc2ccccc2C)c2ccccc21. The second-order valence-electron chi connectivity index (χ2n) is 5.86. The number of amides is 2. The minimum absolute atomic E-state index is 0.129. The highest BCUT2D eigenvalue weighted by atomic mass is 16.3. The van der Waals surface area contributed by atoms with E-state index in [1.165, 1.54) is 0 Å². The molecule has 0 spiro atoms. The Morgan fingerprint density at radius 3 is 2.63 bits per heavy atom. The largest absolute Gasteiger partial charge is 0.493 e. The lowest BCUT2D eigenvalue weighted by molar-refractivity contribution is -0.134. The van der Waals surface area contributed by atoms with Gasteiger partial charge < -0.3 is 15.0 Å². The number of aromatic hydroxyl groups is 1. The Hall–Kier alpha value is -3.74. The lowest BCUT2D eigenvalue weighted by Crippen LogP contribution is -2.21. The molecular formula is C20H18N4O3. The Morgan fingerprint density at radius 2 is 1.89 bits per heavy atom. The number of para-hydroxylation sites is 2. The predicted octanol–water partition coefficient (Wildman–Crippen LogP) is 4.09. The lowest BCUT2D eigenvalue weighted by atomic mass is 10.2. The molecule has 0 aliphatic heterocycles. The molecule has 1 heterocycles. The molecule has 27 heavy (non-hydrogen) atoms. The third kappa shape index (κ3) is 3.62. The van der Waals surface area contributed by atoms with E-state index in [1.54, 1.807) is 34.9 Å². The van der Waals surface area contributed by atoms with Crippen LogP contribution in [0.4, 0.5) is 11.4 Å². The standard InChI is InChI=1S/C20H18N4O3/c1-3-12-24-16-11-7-5-9-14(16)17(20(24)27)22-23-19(26)18(25)21-15-10-6-4-8-13(15)2/h3-11,27H,1,12H2,2H3,(H,21,25). The molecule has 136 valence electrons. The molecule has 0 unspecified atom stereocenters. The highest BCUT2D eigenvalue weighted by Crippen LogP contribution is 2.38. The number of aryl methyl sites for hydroxylation is 1. The summed E-state index contributed by atoms with van der Waals surface area (Å²) in [5.41, 5.74) is 2.20. The highest BCUT2D eigenvalue weighted by molar-refractivity contribution is 6.40. The van der Waals surface area contributed by atoms with Gasteiger partial charge in [-0.2, -0.15) is 0 Å². The summed E-state index contributed by atoms with van der Waals surface area (Å²) in [6.45, 7) is 5.84. The van der Waals surface area contributed by atoms with Gasteiger partial charge >= 0.3 is 11.8 Å². The van der Waals surface area contributed by atoms with Crippen LogP contribution in [-0.2, 0) is 16.1 Å². The maximum absolute atomic E-state index is 12.0. The Bertz CT molecular complexity index is 1070. The quantitative estimate of drug-likeness (QED) is 0.416. The summed E-state index contributed by atoms with van der Waals surface area (Å²) in [5, 5.41) is 20.8. The van der Waals surface area contributed by atoms with Crippen molar-refractivity contribution in [3.05, 3.63) is 66.7 Å². The first-order valence-electron chi connectivity index (χ1n) is 8.26. The van der Waals surface area contributed by atoms with Crippen molar-refractivity contribution in [3.63, 3.8) is 0 Å². The van der Waals surface area contributed by atoms with Crippen LogP contribution in [0.5, 0.6) is 5.88 Å². The van der Waals surface area contributed by atoms with Gasteiger partial charge in [0, 0.05) is 17.6 Å². The van der Waals surface area contributed by atoms with Gasteiger partial charge in [-0.05, 0) is 24.6 Å². The van der Waals surface area contributed by atoms with Crippen molar-refractivity contribution < 1.29 is 14.7 Å². The third-order valence-electron chi connectivity index (χ3n) is 4.06. The van der Waals surface area contributed by atoms with E-state index in [-0.39, 0.29) is 11.6 Å². The van der Waals surface area contributed by atoms with Crippen LogP contribution in [0, 0.1) is 6.92 Å². The zero-order valence-electron chi connectivity index (χ0n) is 14.7. The first-order valence-corrected chi connectivity index (χ1v) is 8.26. The summed E-state index contributed by atoms with van der Waals surface area (Å²) in [5.74, 6) is -2.10. The van der Waals surface area contributed by atoms with Crippen molar-refractivity contribution in [2.75, 3.05) is 5.32 Å². The maximum atomic E-state index is 12.0. The molecule has 0 atom stereocenters. The van der Waals surface area contributed by atoms with Gasteiger partial charge in [-0.3, -0.25) is 9.59 Å². The summed E-state index contributed by atoms with van der Waals surface area (Å²) in [6, 6.07) is 14.2. The van der Waals surface area contributed by atoms with Gasteiger partial charge in [-0.25, -0.2) is 0 Å². The number of hydrogen-bond acceptors (Lipinski definition) is 4. The number of carbonyl (C=O) groups excluding carboxylic acids is 2. The van der Waals surface area contributed by atoms with Gasteiger partial charge in [0.1, 0.15) is 0 Å². The molecule has 0 bridgehead atoms. The van der Waals surface area contributed by atoms with Crippen molar-refractivity contribution >= 4 is 34.1 Å². The van der Waals surface area contributed by atoms with E-state index in [4.69, 9.17) is 0 Å². The number of fused-ring (bicyclic) bond motifs is 1. The molecule has 3 rings (SSSR count). The van der Waals surface area contributed by atoms with E-state index < -0.39 is 11.8 Å². The first-order chi connectivity index (χ1) is 13.0. The van der Waals surface area contributed by atoms with Crippen LogP contribution < -0.4 is 5.32 Å². The Labute approximate surface area is 155 Å². The highest BCUT2D eigenvalue weighted by Gasteiger charge is 2.18. The summed E-state index contributed by atoms with van der Waals surface area (Å²) in [7, 11) is 0. The molecule has 2 N–H and O–H groups in total. The molecule has 0 saturated heterocycles. The third-order valence-corrected chi connectivity index (χ3v) is 4.06. The van der Waals surface area contributed by atoms with Crippen LogP contribution in [0.3, 0.4) is 0 Å². The summed E-state index contributed by atoms with van der Waals surface area (Å²) < 4.78 is 1.59. The van der Waals surface area contributed by atoms with Crippen LogP contribution in [0.2, 0.25) is 0 Å². The second-order valence-corrected chi connectivity index (χ2v) is 5.86. The summed E-state index contributed by atoms with van der Waals surface area (Å²) in [4.78, 5) is 24.1. The van der Waals surface area contributed by atoms with Gasteiger partial charge in [-0.1, -0.05) is 42.5 Å². The Kier molecular flexibility index (Phi) is 5.12. The van der Waals surface area contributed by atoms with E-state index in [0.29, 0.717) is 17.6 Å². The topological polar surface area (TPSA) is 96.0 Å². The number of azo groups is 1. The molecular weight excluding hydrogens is 344 g/mol. The fourth-order valence-corrected chi connectivity index (χ4v) is 2.71. The number of hydrogen-bond donors (Lipinski definition) is 2. The minimum atomic E-state index is -1.06. The van der Waals surface area contributed by atoms with Crippen molar-refractivity contribution in [2.45, 2.75) is 13.5 Å². The molecule has 7 heteroatoms. The monoisotopic (exact) mass is 362 g/mol. The van der Waals surface area contributed by atoms with Crippen LogP contribution in [0.25, 0.3) is 10.9 Å². The number of anilines is 1. The molecule has 1 aromatic heterocycles. The van der Waals surface area contributed by atoms with Crippen LogP contribution in [0.1, 0.15) is 5.56 Å². The number of carbonyl (C=O) groups is 2. The number of rotatable bonds is 4. The van der Waals surface area contributed by atoms with Crippen LogP contribution >= 0.6 is 0 Å². The molecule has 0 aliphatic rings. The normalized spacial score (nSPS) is 11.0. The molecule has 0 fully saturated rings. The van der Waals surface area contributed by atoms with Crippen molar-refractivity contribution in [2.24, 2.45) is 10.2 Å². The molecule has 3 aromatic rings. The smallest absolute Gasteiger partial charge is 0.353 e. The molecule has 0 aliphatic carbocycles. The second kappa shape index (κ2) is 7.65. The zero-order chi connectivity index (χ0) is 19.4. The van der Waals surface area contributed by atoms with Crippen LogP contribution in [0.15, 0.2) is 71.4 Å². The molecule has 7 nitrogen and oxygen atoms in total. The average Bonchev–Trinajstić information content (AvgIpc) is 2.93. The lowest BCUT2D eigenvalue weighted by Gasteiger charge is -2.05. The first kappa shape index (κ1) is 18.1. The summed E-state index contributed by atoms with van der Waals surface area (Å²) in [6.07, 6.45) is 1.63. The molecule has 2 aromatic carbocycles. The number of benzene rings is 2. The van der Waals surface area contributed by atoms with Gasteiger partial charge in [0.05, 0.1) is 5.52 Å². The van der Waals surface area contributed by atoms with Gasteiger partial charge in [0.15, 0.2) is 5.69 Å². The number of allylic oxidation sites excluding steroid dienone is 1. The fraction of sp³-hybridized carbons (Fsp3) is 0.100. The van der Waals surface area contributed by atoms with Crippen LogP contribution in [-0.4, -0.2) is 21.5 Å². The Balaban J connectivity index is 1.86. The summed E-state index contributed by atoms with van der Waals surface area (Å²) >= 11 is 0. The average molecular weight is 362 g/mol. The van der Waals surface area contributed by atoms with Crippen molar-refractivity contribution in [3.8, 4) is 5.88 Å². The van der Waals surface area contributed by atoms with Gasteiger partial charge in [-0.15, -0.1) is 16.8 Å². The molecule has 0 radical (unpaired) electrons. The van der Waals surface area contributed by atoms with E-state index in [1.807, 2.05) is 31.2 Å². The number of nitrogens with zero attached hydrogens (tertiary/aromatic N) is 3. The van der Waals surface area contributed by atoms with E-state index in [9.17, 15) is 14.7 Å². The Morgan fingerprint density at radius 1 is 1.19 bits per heavy atom. The number of nitrogens with one attached hydrogen (secondary N) is 1. The fourth-order valence-electron chi connectivity index (χ4n) is 2.71. The van der Waals surface area contributed by atoms with Gasteiger partial charge in [0.25, 0.3) is 0 Å². The maximum Gasteiger partial charge on any atom is 0.353 e. The van der Waals surface area contributed by atoms with E-state index in [0.717, 1.165) is 11.1 Å². The van der Waals surface area contributed by atoms with Gasteiger partial charge in [0.2, 0.25) is 5.88 Å². The molecule has 2 amide bonds. The van der Waals surface area contributed by atoms with Crippen molar-refractivity contribution in [1.82, 2.24) is 4.57 Å². The van der Waals surface area contributed by atoms with E-state index >= 15 is 0 Å². The van der Waals surface area contributed by atoms with E-state index in [2.05, 4.69) is 22.1 Å². The minimum Gasteiger partial charge on any atom is -0.493 e. The van der Waals surface area contributed by atoms with Crippen molar-refractivity contribution in [1.29, 1.82) is 0 Å². The number of aromatic nitrogens is 1. The predicted molar refractivity (Wildman–Crippen MR) is 103 cm³/mol. The zero-order valence-corrected chi connectivity index (χ0v) is 14.7. The molecule has 0 saturated carbocycles.